The molecule has 2 heterocycles. The largest absolute Gasteiger partial charge is 0.369 e. The number of imidazole rings is 1. The number of aromatic nitrogens is 2. The van der Waals surface area contributed by atoms with Crippen molar-refractivity contribution < 1.29 is 26.7 Å². The van der Waals surface area contributed by atoms with Crippen LogP contribution in [0.2, 0.25) is 0 Å². The summed E-state index contributed by atoms with van der Waals surface area (Å²) in [6.45, 7) is 0. The van der Waals surface area contributed by atoms with Gasteiger partial charge in [0.15, 0.2) is 11.6 Å². The van der Waals surface area contributed by atoms with Crippen molar-refractivity contribution in [3.8, 4) is 0 Å². The molecule has 210 valence electrons. The van der Waals surface area contributed by atoms with Crippen LogP contribution in [0.1, 0.15) is 74.9 Å². The molecule has 1 aliphatic heterocycles. The summed E-state index contributed by atoms with van der Waals surface area (Å²) in [4.78, 5) is 18.7. The molecule has 1 saturated carbocycles. The summed E-state index contributed by atoms with van der Waals surface area (Å²) in [7, 11) is -1.55. The monoisotopic (exact) mass is 559 g/mol. The minimum atomic E-state index is -3.09. The Morgan fingerprint density at radius 2 is 1.72 bits per heavy atom. The Morgan fingerprint density at radius 3 is 2.38 bits per heavy atom. The second kappa shape index (κ2) is 11.7. The van der Waals surface area contributed by atoms with E-state index in [1.807, 2.05) is 30.3 Å². The number of amides is 1. The first-order chi connectivity index (χ1) is 18.8. The molecule has 1 amide bonds. The van der Waals surface area contributed by atoms with Crippen LogP contribution in [0.4, 0.5) is 8.78 Å². The minimum absolute atomic E-state index is 0.0241. The van der Waals surface area contributed by atoms with Gasteiger partial charge < -0.3 is 14.6 Å². The molecule has 1 unspecified atom stereocenters. The molecule has 5 rings (SSSR count). The van der Waals surface area contributed by atoms with Crippen molar-refractivity contribution in [2.75, 3.05) is 18.6 Å². The Morgan fingerprint density at radius 1 is 1.05 bits per heavy atom. The molecule has 2 atom stereocenters. The number of halogens is 2. The van der Waals surface area contributed by atoms with Crippen LogP contribution >= 0.6 is 0 Å². The standard InChI is InChI=1S/C29H35F2N3O4S/c1-38-27(20-8-4-2-5-9-20)28-33-24-17-22(30)23(31)18-25(24)34(28)26(16-19-12-14-39(36,37)15-13-19)29(35)32-21-10-6-3-7-11-21/h2,4-5,8-9,17-19,21,26-27H,3,6-7,10-16H2,1H3,(H,32,35)/t26?,27-/m1/s1. The molecule has 1 saturated heterocycles. The molecule has 0 radical (unpaired) electrons. The number of ether oxygens (including phenoxy) is 1. The van der Waals surface area contributed by atoms with Crippen LogP contribution in [0.5, 0.6) is 0 Å². The van der Waals surface area contributed by atoms with E-state index in [2.05, 4.69) is 10.3 Å². The van der Waals surface area contributed by atoms with Crippen molar-refractivity contribution in [1.29, 1.82) is 0 Å². The fourth-order valence-electron chi connectivity index (χ4n) is 6.00. The zero-order chi connectivity index (χ0) is 27.6. The van der Waals surface area contributed by atoms with Gasteiger partial charge in [-0.05, 0) is 43.6 Å². The van der Waals surface area contributed by atoms with Gasteiger partial charge in [0, 0.05) is 25.3 Å². The predicted molar refractivity (Wildman–Crippen MR) is 145 cm³/mol. The van der Waals surface area contributed by atoms with Crippen molar-refractivity contribution in [3.63, 3.8) is 0 Å². The minimum Gasteiger partial charge on any atom is -0.369 e. The highest BCUT2D eigenvalue weighted by molar-refractivity contribution is 7.91. The smallest absolute Gasteiger partial charge is 0.243 e. The highest BCUT2D eigenvalue weighted by atomic mass is 32.2. The quantitative estimate of drug-likeness (QED) is 0.407. The van der Waals surface area contributed by atoms with Crippen molar-refractivity contribution in [3.05, 3.63) is 65.5 Å². The van der Waals surface area contributed by atoms with Gasteiger partial charge in [-0.1, -0.05) is 49.6 Å². The molecule has 2 fully saturated rings. The van der Waals surface area contributed by atoms with Gasteiger partial charge in [0.25, 0.3) is 0 Å². The molecule has 0 bridgehead atoms. The van der Waals surface area contributed by atoms with Gasteiger partial charge in [-0.25, -0.2) is 22.2 Å². The second-order valence-electron chi connectivity index (χ2n) is 10.8. The number of methoxy groups -OCH3 is 1. The van der Waals surface area contributed by atoms with Crippen LogP contribution < -0.4 is 5.32 Å². The van der Waals surface area contributed by atoms with Gasteiger partial charge in [-0.2, -0.15) is 0 Å². The van der Waals surface area contributed by atoms with E-state index in [0.29, 0.717) is 30.6 Å². The number of hydrogen-bond donors (Lipinski definition) is 1. The molecule has 3 aromatic rings. The van der Waals surface area contributed by atoms with E-state index in [1.54, 1.807) is 4.57 Å². The molecule has 39 heavy (non-hydrogen) atoms. The molecule has 10 heteroatoms. The van der Waals surface area contributed by atoms with E-state index in [1.165, 1.54) is 7.11 Å². The van der Waals surface area contributed by atoms with E-state index < -0.39 is 33.6 Å². The number of sulfone groups is 1. The first-order valence-corrected chi connectivity index (χ1v) is 15.5. The van der Waals surface area contributed by atoms with Gasteiger partial charge in [-0.15, -0.1) is 0 Å². The van der Waals surface area contributed by atoms with Crippen molar-refractivity contribution >= 4 is 26.8 Å². The van der Waals surface area contributed by atoms with E-state index in [-0.39, 0.29) is 34.9 Å². The third-order valence-corrected chi connectivity index (χ3v) is 9.84. The highest BCUT2D eigenvalue weighted by Gasteiger charge is 2.35. The second-order valence-corrected chi connectivity index (χ2v) is 13.1. The summed E-state index contributed by atoms with van der Waals surface area (Å²) in [6.07, 6.45) is 5.57. The molecular formula is C29H35F2N3O4S. The molecule has 0 spiro atoms. The summed E-state index contributed by atoms with van der Waals surface area (Å²) in [5.74, 6) is -1.76. The maximum Gasteiger partial charge on any atom is 0.243 e. The number of rotatable bonds is 8. The summed E-state index contributed by atoms with van der Waals surface area (Å²) in [5.41, 5.74) is 1.31. The Labute approximate surface area is 227 Å². The highest BCUT2D eigenvalue weighted by Crippen LogP contribution is 2.36. The van der Waals surface area contributed by atoms with Crippen molar-refractivity contribution in [2.24, 2.45) is 5.92 Å². The number of nitrogens with one attached hydrogen (secondary N) is 1. The first-order valence-electron chi connectivity index (χ1n) is 13.7. The fraction of sp³-hybridized carbons (Fsp3) is 0.517. The zero-order valence-corrected chi connectivity index (χ0v) is 22.9. The van der Waals surface area contributed by atoms with Crippen LogP contribution in [0.25, 0.3) is 11.0 Å². The third-order valence-electron chi connectivity index (χ3n) is 8.13. The first kappa shape index (κ1) is 27.7. The average Bonchev–Trinajstić information content (AvgIpc) is 3.27. The Balaban J connectivity index is 1.62. The lowest BCUT2D eigenvalue weighted by molar-refractivity contribution is -0.125. The molecule has 2 aromatic carbocycles. The van der Waals surface area contributed by atoms with Crippen LogP contribution in [0, 0.1) is 17.6 Å². The molecular weight excluding hydrogens is 524 g/mol. The van der Waals surface area contributed by atoms with E-state index in [0.717, 1.165) is 49.8 Å². The summed E-state index contributed by atoms with van der Waals surface area (Å²) in [5, 5.41) is 3.21. The number of carbonyl (C=O) groups excluding carboxylic acids is 1. The van der Waals surface area contributed by atoms with Crippen LogP contribution in [-0.4, -0.2) is 48.5 Å². The Hall–Kier alpha value is -2.85. The summed E-state index contributed by atoms with van der Waals surface area (Å²) >= 11 is 0. The number of carbonyl (C=O) groups is 1. The fourth-order valence-corrected chi connectivity index (χ4v) is 7.59. The number of benzene rings is 2. The lowest BCUT2D eigenvalue weighted by Gasteiger charge is -2.31. The Bertz CT molecular complexity index is 1410. The predicted octanol–water partition coefficient (Wildman–Crippen LogP) is 5.26. The maximum atomic E-state index is 14.6. The van der Waals surface area contributed by atoms with Gasteiger partial charge in [0.05, 0.1) is 22.5 Å². The van der Waals surface area contributed by atoms with Gasteiger partial charge in [-0.3, -0.25) is 4.79 Å². The zero-order valence-electron chi connectivity index (χ0n) is 22.1. The molecule has 2 aliphatic rings. The molecule has 7 nitrogen and oxygen atoms in total. The third kappa shape index (κ3) is 6.17. The van der Waals surface area contributed by atoms with E-state index >= 15 is 0 Å². The molecule has 1 aliphatic carbocycles. The molecule has 1 N–H and O–H groups in total. The van der Waals surface area contributed by atoms with E-state index in [4.69, 9.17) is 4.74 Å². The SMILES string of the molecule is CO[C@H](c1ccccc1)c1nc2cc(F)c(F)cc2n1C(CC1CCS(=O)(=O)CC1)C(=O)NC1CCCCC1. The number of hydrogen-bond acceptors (Lipinski definition) is 5. The summed E-state index contributed by atoms with van der Waals surface area (Å²) < 4.78 is 60.7. The van der Waals surface area contributed by atoms with Crippen LogP contribution in [0.3, 0.4) is 0 Å². The summed E-state index contributed by atoms with van der Waals surface area (Å²) in [6, 6.07) is 10.7. The maximum absolute atomic E-state index is 14.6. The number of nitrogens with zero attached hydrogens (tertiary/aromatic N) is 2. The Kier molecular flexibility index (Phi) is 8.32. The van der Waals surface area contributed by atoms with Crippen LogP contribution in [0.15, 0.2) is 42.5 Å². The lowest BCUT2D eigenvalue weighted by Crippen LogP contribution is -2.42. The average molecular weight is 560 g/mol. The van der Waals surface area contributed by atoms with Gasteiger partial charge in [0.1, 0.15) is 27.8 Å². The van der Waals surface area contributed by atoms with Crippen LogP contribution in [-0.2, 0) is 19.4 Å². The van der Waals surface area contributed by atoms with Gasteiger partial charge >= 0.3 is 0 Å². The number of fused-ring (bicyclic) bond motifs is 1. The normalized spacial score (nSPS) is 20.1. The van der Waals surface area contributed by atoms with E-state index in [9.17, 15) is 22.0 Å². The lowest BCUT2D eigenvalue weighted by atomic mass is 9.92. The van der Waals surface area contributed by atoms with Crippen molar-refractivity contribution in [1.82, 2.24) is 14.9 Å². The topological polar surface area (TPSA) is 90.3 Å². The molecule has 1 aromatic heterocycles. The van der Waals surface area contributed by atoms with Crippen molar-refractivity contribution in [2.45, 2.75) is 69.6 Å². The van der Waals surface area contributed by atoms with Gasteiger partial charge in [0.2, 0.25) is 5.91 Å².